The van der Waals surface area contributed by atoms with Gasteiger partial charge in [-0.1, -0.05) is 51.9 Å². The van der Waals surface area contributed by atoms with Crippen molar-refractivity contribution in [2.45, 2.75) is 83.5 Å². The maximum Gasteiger partial charge on any atom is 0.248 e. The molecule has 0 rings (SSSR count). The van der Waals surface area contributed by atoms with Crippen LogP contribution < -0.4 is 0 Å². The lowest BCUT2D eigenvalue weighted by molar-refractivity contribution is -0.0315. The maximum atomic E-state index is 13.2. The lowest BCUT2D eigenvalue weighted by Crippen LogP contribution is -2.14. The smallest absolute Gasteiger partial charge is 0.248 e. The molecule has 4 heteroatoms. The molecule has 0 spiro atoms. The van der Waals surface area contributed by atoms with Crippen molar-refractivity contribution < 1.29 is 18.3 Å². The van der Waals surface area contributed by atoms with Gasteiger partial charge in [0.2, 0.25) is 5.92 Å². The molecule has 0 unspecified atom stereocenters. The minimum atomic E-state index is -2.43. The zero-order valence-corrected chi connectivity index (χ0v) is 13.3. The molecule has 2 nitrogen and oxygen atoms in total. The Morgan fingerprint density at radius 3 is 1.90 bits per heavy atom. The molecule has 0 N–H and O–H groups in total. The number of hydrogen-bond acceptors (Lipinski definition) is 2. The van der Waals surface area contributed by atoms with Gasteiger partial charge < -0.3 is 9.47 Å². The van der Waals surface area contributed by atoms with Crippen molar-refractivity contribution in [1.29, 1.82) is 0 Å². The van der Waals surface area contributed by atoms with Crippen LogP contribution in [0.2, 0.25) is 0 Å². The molecule has 0 radical (unpaired) electrons. The molecule has 0 aliphatic rings. The van der Waals surface area contributed by atoms with E-state index in [2.05, 4.69) is 0 Å². The predicted molar refractivity (Wildman–Crippen MR) is 79.2 cm³/mol. The number of methoxy groups -OCH3 is 1. The zero-order valence-electron chi connectivity index (χ0n) is 13.3. The van der Waals surface area contributed by atoms with E-state index in [1.807, 2.05) is 6.92 Å². The Morgan fingerprint density at radius 1 is 0.800 bits per heavy atom. The molecule has 0 aliphatic heterocycles. The molecule has 0 saturated carbocycles. The normalized spacial score (nSPS) is 12.0. The fraction of sp³-hybridized carbons (Fsp3) is 1.00. The number of halogens is 2. The van der Waals surface area contributed by atoms with E-state index >= 15 is 0 Å². The molecule has 0 bridgehead atoms. The fourth-order valence-electron chi connectivity index (χ4n) is 2.28. The quantitative estimate of drug-likeness (QED) is 0.291. The number of rotatable bonds is 15. The Balaban J connectivity index is 3.13. The Hall–Kier alpha value is -0.220. The third-order valence-corrected chi connectivity index (χ3v) is 3.40. The van der Waals surface area contributed by atoms with Crippen molar-refractivity contribution in [3.05, 3.63) is 0 Å². The monoisotopic (exact) mass is 294 g/mol. The van der Waals surface area contributed by atoms with Gasteiger partial charge in [0, 0.05) is 26.6 Å². The van der Waals surface area contributed by atoms with Crippen molar-refractivity contribution in [2.75, 3.05) is 20.5 Å². The first-order valence-corrected chi connectivity index (χ1v) is 8.07. The summed E-state index contributed by atoms with van der Waals surface area (Å²) < 4.78 is 36.4. The molecule has 0 aromatic rings. The second-order valence-corrected chi connectivity index (χ2v) is 5.50. The van der Waals surface area contributed by atoms with E-state index in [0.29, 0.717) is 19.6 Å². The molecule has 0 amide bonds. The van der Waals surface area contributed by atoms with Gasteiger partial charge in [0.1, 0.15) is 6.79 Å². The second-order valence-electron chi connectivity index (χ2n) is 5.50. The van der Waals surface area contributed by atoms with Crippen LogP contribution in [0, 0.1) is 0 Å². The first kappa shape index (κ1) is 19.8. The Labute approximate surface area is 123 Å². The minimum Gasteiger partial charge on any atom is -0.359 e. The van der Waals surface area contributed by atoms with Gasteiger partial charge in [0.05, 0.1) is 0 Å². The Morgan fingerprint density at radius 2 is 1.35 bits per heavy atom. The lowest BCUT2D eigenvalue weighted by Gasteiger charge is -2.14. The number of alkyl halides is 2. The highest BCUT2D eigenvalue weighted by Gasteiger charge is 2.26. The van der Waals surface area contributed by atoms with Crippen molar-refractivity contribution in [2.24, 2.45) is 0 Å². The summed E-state index contributed by atoms with van der Waals surface area (Å²) in [5.74, 6) is -2.43. The first-order chi connectivity index (χ1) is 9.62. The molecule has 20 heavy (non-hydrogen) atoms. The minimum absolute atomic E-state index is 0.0398. The van der Waals surface area contributed by atoms with Crippen molar-refractivity contribution >= 4 is 0 Å². The van der Waals surface area contributed by atoms with Gasteiger partial charge >= 0.3 is 0 Å². The van der Waals surface area contributed by atoms with E-state index in [9.17, 15) is 8.78 Å². The van der Waals surface area contributed by atoms with Gasteiger partial charge in [-0.05, 0) is 12.8 Å². The third-order valence-electron chi connectivity index (χ3n) is 3.40. The van der Waals surface area contributed by atoms with Gasteiger partial charge in [-0.15, -0.1) is 0 Å². The highest BCUT2D eigenvalue weighted by Crippen LogP contribution is 2.27. The molecular formula is C16H32F2O2. The first-order valence-electron chi connectivity index (χ1n) is 8.07. The zero-order chi connectivity index (χ0) is 15.1. The van der Waals surface area contributed by atoms with Crippen LogP contribution in [0.4, 0.5) is 8.78 Å². The van der Waals surface area contributed by atoms with E-state index < -0.39 is 5.92 Å². The molecular weight excluding hydrogens is 262 g/mol. The van der Waals surface area contributed by atoms with E-state index in [1.54, 1.807) is 7.11 Å². The summed E-state index contributed by atoms with van der Waals surface area (Å²) in [7, 11) is 1.62. The summed E-state index contributed by atoms with van der Waals surface area (Å²) in [5.41, 5.74) is 0. The van der Waals surface area contributed by atoms with Crippen LogP contribution in [0.1, 0.15) is 77.6 Å². The summed E-state index contributed by atoms with van der Waals surface area (Å²) >= 11 is 0. The summed E-state index contributed by atoms with van der Waals surface area (Å²) in [6.45, 7) is 2.96. The topological polar surface area (TPSA) is 18.5 Å². The molecule has 122 valence electrons. The van der Waals surface area contributed by atoms with Crippen LogP contribution in [0.15, 0.2) is 0 Å². The molecule has 0 aromatic heterocycles. The van der Waals surface area contributed by atoms with E-state index in [1.165, 1.54) is 19.3 Å². The molecule has 0 atom stereocenters. The average molecular weight is 294 g/mol. The number of hydrogen-bond donors (Lipinski definition) is 0. The van der Waals surface area contributed by atoms with Gasteiger partial charge in [0.25, 0.3) is 0 Å². The van der Waals surface area contributed by atoms with Crippen LogP contribution in [-0.2, 0) is 9.47 Å². The third kappa shape index (κ3) is 14.2. The Bertz CT molecular complexity index is 199. The highest BCUT2D eigenvalue weighted by molar-refractivity contribution is 4.65. The van der Waals surface area contributed by atoms with Gasteiger partial charge in [-0.3, -0.25) is 0 Å². The van der Waals surface area contributed by atoms with Crippen LogP contribution in [0.3, 0.4) is 0 Å². The maximum absolute atomic E-state index is 13.2. The van der Waals surface area contributed by atoms with E-state index in [0.717, 1.165) is 32.3 Å². The summed E-state index contributed by atoms with van der Waals surface area (Å²) in [6.07, 6.45) is 9.20. The number of ether oxygens (including phenoxy) is 2. The van der Waals surface area contributed by atoms with Crippen molar-refractivity contribution in [3.8, 4) is 0 Å². The summed E-state index contributed by atoms with van der Waals surface area (Å²) in [5, 5.41) is 0. The summed E-state index contributed by atoms with van der Waals surface area (Å²) in [6, 6.07) is 0. The van der Waals surface area contributed by atoms with Gasteiger partial charge in [-0.2, -0.15) is 0 Å². The van der Waals surface area contributed by atoms with Crippen LogP contribution in [-0.4, -0.2) is 26.4 Å². The van der Waals surface area contributed by atoms with E-state index in [4.69, 9.17) is 9.47 Å². The van der Waals surface area contributed by atoms with Gasteiger partial charge in [-0.25, -0.2) is 8.78 Å². The largest absolute Gasteiger partial charge is 0.359 e. The Kier molecular flexibility index (Phi) is 13.6. The second kappa shape index (κ2) is 13.7. The number of unbranched alkanes of at least 4 members (excludes halogenated alkanes) is 7. The standard InChI is InChI=1S/C16H32F2O2/c1-3-12-16(17,18)13-10-8-6-4-5-7-9-11-14-20-15-19-2/h3-15H2,1-2H3. The summed E-state index contributed by atoms with van der Waals surface area (Å²) in [4.78, 5) is 0. The average Bonchev–Trinajstić information content (AvgIpc) is 2.40. The molecule has 0 aliphatic carbocycles. The molecule has 0 heterocycles. The SMILES string of the molecule is CCCC(F)(F)CCCCCCCCCCOCOC. The fourth-order valence-corrected chi connectivity index (χ4v) is 2.28. The van der Waals surface area contributed by atoms with Crippen LogP contribution in [0.5, 0.6) is 0 Å². The predicted octanol–water partition coefficient (Wildman–Crippen LogP) is 5.55. The molecule has 0 fully saturated rings. The van der Waals surface area contributed by atoms with Crippen LogP contribution >= 0.6 is 0 Å². The van der Waals surface area contributed by atoms with E-state index in [-0.39, 0.29) is 12.8 Å². The van der Waals surface area contributed by atoms with Crippen molar-refractivity contribution in [1.82, 2.24) is 0 Å². The molecule has 0 aromatic carbocycles. The van der Waals surface area contributed by atoms with Gasteiger partial charge in [0.15, 0.2) is 0 Å². The van der Waals surface area contributed by atoms with Crippen LogP contribution in [0.25, 0.3) is 0 Å². The van der Waals surface area contributed by atoms with Crippen molar-refractivity contribution in [3.63, 3.8) is 0 Å². The molecule has 0 saturated heterocycles. The lowest BCUT2D eigenvalue weighted by atomic mass is 10.0. The highest BCUT2D eigenvalue weighted by atomic mass is 19.3.